The van der Waals surface area contributed by atoms with E-state index < -0.39 is 6.23 Å². The average Bonchev–Trinajstić information content (AvgIpc) is 3.20. The van der Waals surface area contributed by atoms with E-state index in [2.05, 4.69) is 0 Å². The lowest BCUT2D eigenvalue weighted by Gasteiger charge is -2.38. The minimum absolute atomic E-state index is 0.0156. The van der Waals surface area contributed by atoms with Crippen molar-refractivity contribution in [2.75, 3.05) is 6.61 Å². The fourth-order valence-corrected chi connectivity index (χ4v) is 4.25. The summed E-state index contributed by atoms with van der Waals surface area (Å²) in [5, 5.41) is 7.50. The number of benzene rings is 3. The first-order valence-electron chi connectivity index (χ1n) is 9.93. The van der Waals surface area contributed by atoms with E-state index in [1.165, 1.54) is 12.1 Å². The number of hydrogen-bond donors (Lipinski definition) is 0. The molecule has 0 bridgehead atoms. The number of ether oxygens (including phenoxy) is 2. The van der Waals surface area contributed by atoms with Gasteiger partial charge in [-0.1, -0.05) is 48.0 Å². The van der Waals surface area contributed by atoms with Gasteiger partial charge in [-0.25, -0.2) is 9.40 Å². The van der Waals surface area contributed by atoms with Crippen molar-refractivity contribution in [2.45, 2.75) is 25.6 Å². The van der Waals surface area contributed by atoms with Crippen LogP contribution < -0.4 is 9.47 Å². The number of nitrogens with zero attached hydrogens (tertiary/aromatic N) is 2. The van der Waals surface area contributed by atoms with E-state index in [-0.39, 0.29) is 11.9 Å². The number of fused-ring (bicyclic) bond motifs is 3. The van der Waals surface area contributed by atoms with Crippen LogP contribution >= 0.6 is 11.6 Å². The maximum absolute atomic E-state index is 13.4. The Hall–Kier alpha value is -3.05. The molecule has 3 aromatic carbocycles. The third-order valence-corrected chi connectivity index (χ3v) is 5.63. The Bertz CT molecular complexity index is 1120. The molecule has 152 valence electrons. The smallest absolute Gasteiger partial charge is 0.214 e. The highest BCUT2D eigenvalue weighted by atomic mass is 35.5. The molecule has 2 unspecified atom stereocenters. The molecule has 0 amide bonds. The van der Waals surface area contributed by atoms with Crippen LogP contribution in [0.1, 0.15) is 42.3 Å². The average molecular weight is 423 g/mol. The van der Waals surface area contributed by atoms with Crippen LogP contribution in [0.4, 0.5) is 4.39 Å². The highest BCUT2D eigenvalue weighted by Crippen LogP contribution is 2.50. The summed E-state index contributed by atoms with van der Waals surface area (Å²) in [6, 6.07) is 20.0. The van der Waals surface area contributed by atoms with Gasteiger partial charge >= 0.3 is 0 Å². The van der Waals surface area contributed by atoms with E-state index in [9.17, 15) is 4.39 Å². The Morgan fingerprint density at radius 2 is 1.93 bits per heavy atom. The largest absolute Gasteiger partial charge is 0.490 e. The van der Waals surface area contributed by atoms with Gasteiger partial charge in [0.2, 0.25) is 6.23 Å². The summed E-state index contributed by atoms with van der Waals surface area (Å²) in [6.07, 6.45) is 0.245. The van der Waals surface area contributed by atoms with Gasteiger partial charge in [0.15, 0.2) is 11.5 Å². The van der Waals surface area contributed by atoms with Gasteiger partial charge in [-0.05, 0) is 42.8 Å². The van der Waals surface area contributed by atoms with Crippen molar-refractivity contribution in [3.8, 4) is 11.5 Å². The summed E-state index contributed by atoms with van der Waals surface area (Å²) in [6.45, 7) is 2.50. The van der Waals surface area contributed by atoms with Crippen LogP contribution in [-0.2, 0) is 0 Å². The SMILES string of the molecule is CCOc1cccc2c1OC(c1cccc(Cl)c1)N1N=C(c3ccc(F)cc3)CC21. The molecule has 2 atom stereocenters. The molecular weight excluding hydrogens is 403 g/mol. The highest BCUT2D eigenvalue weighted by Gasteiger charge is 2.42. The zero-order chi connectivity index (χ0) is 20.7. The van der Waals surface area contributed by atoms with Crippen LogP contribution in [0.3, 0.4) is 0 Å². The molecule has 0 N–H and O–H groups in total. The van der Waals surface area contributed by atoms with Gasteiger partial charge in [-0.2, -0.15) is 5.10 Å². The lowest BCUT2D eigenvalue weighted by Crippen LogP contribution is -2.33. The first kappa shape index (κ1) is 18.9. The maximum Gasteiger partial charge on any atom is 0.214 e. The Kier molecular flexibility index (Phi) is 4.83. The standard InChI is InChI=1S/C24H20ClFN2O2/c1-2-29-22-8-4-7-19-21-14-20(15-9-11-18(26)12-10-15)27-28(21)24(30-23(19)22)16-5-3-6-17(25)13-16/h3-13,21,24H,2,14H2,1H3. The van der Waals surface area contributed by atoms with Crippen LogP contribution in [0.15, 0.2) is 71.8 Å². The molecular formula is C24H20ClFN2O2. The molecule has 0 saturated heterocycles. The quantitative estimate of drug-likeness (QED) is 0.508. The van der Waals surface area contributed by atoms with Gasteiger partial charge in [0.05, 0.1) is 18.4 Å². The van der Waals surface area contributed by atoms with Gasteiger partial charge < -0.3 is 9.47 Å². The number of rotatable bonds is 4. The van der Waals surface area contributed by atoms with Crippen molar-refractivity contribution in [3.63, 3.8) is 0 Å². The molecule has 6 heteroatoms. The molecule has 0 aromatic heterocycles. The van der Waals surface area contributed by atoms with Gasteiger partial charge in [-0.3, -0.25) is 0 Å². The van der Waals surface area contributed by atoms with E-state index in [4.69, 9.17) is 26.2 Å². The zero-order valence-corrected chi connectivity index (χ0v) is 17.1. The molecule has 0 aliphatic carbocycles. The number of hydrazone groups is 1. The third kappa shape index (κ3) is 3.29. The predicted octanol–water partition coefficient (Wildman–Crippen LogP) is 6.12. The van der Waals surface area contributed by atoms with Crippen LogP contribution in [0.25, 0.3) is 0 Å². The lowest BCUT2D eigenvalue weighted by molar-refractivity contribution is -0.0212. The molecule has 4 nitrogen and oxygen atoms in total. The predicted molar refractivity (Wildman–Crippen MR) is 115 cm³/mol. The minimum atomic E-state index is -0.444. The van der Waals surface area contributed by atoms with Crippen LogP contribution in [0, 0.1) is 5.82 Å². The summed E-state index contributed by atoms with van der Waals surface area (Å²) >= 11 is 6.26. The van der Waals surface area contributed by atoms with Crippen molar-refractivity contribution in [1.82, 2.24) is 5.01 Å². The Morgan fingerprint density at radius 3 is 2.70 bits per heavy atom. The molecule has 30 heavy (non-hydrogen) atoms. The van der Waals surface area contributed by atoms with Gasteiger partial charge in [0, 0.05) is 22.6 Å². The minimum Gasteiger partial charge on any atom is -0.490 e. The molecule has 0 fully saturated rings. The van der Waals surface area contributed by atoms with Crippen LogP contribution in [0.5, 0.6) is 11.5 Å². The topological polar surface area (TPSA) is 34.1 Å². The van der Waals surface area contributed by atoms with E-state index in [0.29, 0.717) is 18.1 Å². The summed E-state index contributed by atoms with van der Waals surface area (Å²) < 4.78 is 25.7. The van der Waals surface area contributed by atoms with Crippen molar-refractivity contribution in [3.05, 3.63) is 94.3 Å². The molecule has 0 radical (unpaired) electrons. The molecule has 2 heterocycles. The van der Waals surface area contributed by atoms with E-state index in [1.807, 2.05) is 54.4 Å². The number of halogens is 2. The van der Waals surface area contributed by atoms with Crippen LogP contribution in [-0.4, -0.2) is 17.3 Å². The second kappa shape index (κ2) is 7.65. The number of para-hydroxylation sites is 1. The zero-order valence-electron chi connectivity index (χ0n) is 16.4. The third-order valence-electron chi connectivity index (χ3n) is 5.39. The molecule has 2 aliphatic heterocycles. The van der Waals surface area contributed by atoms with Crippen molar-refractivity contribution < 1.29 is 13.9 Å². The van der Waals surface area contributed by atoms with Gasteiger partial charge in [-0.15, -0.1) is 0 Å². The summed E-state index contributed by atoms with van der Waals surface area (Å²) in [4.78, 5) is 0. The number of hydrogen-bond acceptors (Lipinski definition) is 4. The maximum atomic E-state index is 13.4. The Balaban J connectivity index is 1.61. The summed E-state index contributed by atoms with van der Waals surface area (Å²) in [7, 11) is 0. The van der Waals surface area contributed by atoms with Crippen molar-refractivity contribution >= 4 is 17.3 Å². The summed E-state index contributed by atoms with van der Waals surface area (Å²) in [5.41, 5.74) is 3.73. The fourth-order valence-electron chi connectivity index (χ4n) is 4.05. The second-order valence-electron chi connectivity index (χ2n) is 7.29. The second-order valence-corrected chi connectivity index (χ2v) is 7.72. The molecule has 0 saturated carbocycles. The summed E-state index contributed by atoms with van der Waals surface area (Å²) in [5.74, 6) is 1.19. The van der Waals surface area contributed by atoms with Crippen LogP contribution in [0.2, 0.25) is 5.02 Å². The van der Waals surface area contributed by atoms with E-state index in [0.717, 1.165) is 33.9 Å². The molecule has 3 aromatic rings. The van der Waals surface area contributed by atoms with E-state index in [1.54, 1.807) is 12.1 Å². The van der Waals surface area contributed by atoms with E-state index >= 15 is 0 Å². The highest BCUT2D eigenvalue weighted by molar-refractivity contribution is 6.30. The fraction of sp³-hybridized carbons (Fsp3) is 0.208. The Labute approximate surface area is 179 Å². The normalized spacial score (nSPS) is 19.6. The van der Waals surface area contributed by atoms with Gasteiger partial charge in [0.25, 0.3) is 0 Å². The monoisotopic (exact) mass is 422 g/mol. The molecule has 5 rings (SSSR count). The first-order chi connectivity index (χ1) is 14.6. The van der Waals surface area contributed by atoms with Crippen molar-refractivity contribution in [2.24, 2.45) is 5.10 Å². The lowest BCUT2D eigenvalue weighted by atomic mass is 9.95. The molecule has 0 spiro atoms. The van der Waals surface area contributed by atoms with Crippen molar-refractivity contribution in [1.29, 1.82) is 0 Å². The Morgan fingerprint density at radius 1 is 1.13 bits per heavy atom. The van der Waals surface area contributed by atoms with Gasteiger partial charge in [0.1, 0.15) is 5.82 Å². The first-order valence-corrected chi connectivity index (χ1v) is 10.3. The molecule has 2 aliphatic rings.